The molecular weight excluding hydrogens is 637 g/mol. The first-order valence-corrected chi connectivity index (χ1v) is 18.4. The first-order chi connectivity index (χ1) is 24.7. The molecule has 0 spiro atoms. The number of nitrogens with one attached hydrogen (secondary N) is 1. The minimum Gasteiger partial charge on any atom is -0.489 e. The third kappa shape index (κ3) is 7.09. The number of nitrogens with zero attached hydrogens (tertiary/aromatic N) is 1. The van der Waals surface area contributed by atoms with Crippen LogP contribution < -0.4 is 14.8 Å². The summed E-state index contributed by atoms with van der Waals surface area (Å²) in [5.41, 5.74) is 4.60. The molecule has 50 heavy (non-hydrogen) atoms. The number of carbonyl (C=O) groups is 1. The van der Waals surface area contributed by atoms with Crippen molar-refractivity contribution in [2.75, 3.05) is 31.5 Å². The molecule has 6 heteroatoms. The molecule has 1 aromatic heterocycles. The minimum absolute atomic E-state index is 0.00122. The van der Waals surface area contributed by atoms with Crippen molar-refractivity contribution in [3.63, 3.8) is 0 Å². The highest BCUT2D eigenvalue weighted by atomic mass is 32.1. The molecular formula is C44H40N2O3S. The average Bonchev–Trinajstić information content (AvgIpc) is 3.55. The van der Waals surface area contributed by atoms with Crippen molar-refractivity contribution in [1.82, 2.24) is 4.90 Å². The van der Waals surface area contributed by atoms with E-state index in [9.17, 15) is 4.79 Å². The zero-order chi connectivity index (χ0) is 33.7. The number of fused-ring (bicyclic) bond motifs is 5. The highest BCUT2D eigenvalue weighted by Crippen LogP contribution is 2.42. The third-order valence-corrected chi connectivity index (χ3v) is 10.7. The Labute approximate surface area is 297 Å². The number of piperidine rings is 1. The number of carbonyl (C=O) groups excluding carboxylic acids is 1. The van der Waals surface area contributed by atoms with Crippen molar-refractivity contribution in [2.45, 2.75) is 32.5 Å². The zero-order valence-electron chi connectivity index (χ0n) is 28.1. The Bertz CT molecular complexity index is 2240. The number of benzene rings is 6. The van der Waals surface area contributed by atoms with Crippen LogP contribution in [0, 0.1) is 0 Å². The van der Waals surface area contributed by atoms with E-state index >= 15 is 0 Å². The molecule has 1 aliphatic heterocycles. The topological polar surface area (TPSA) is 50.8 Å². The van der Waals surface area contributed by atoms with Crippen LogP contribution >= 0.6 is 11.3 Å². The molecule has 0 atom stereocenters. The highest BCUT2D eigenvalue weighted by Gasteiger charge is 2.19. The van der Waals surface area contributed by atoms with E-state index in [4.69, 9.17) is 9.47 Å². The molecule has 1 aliphatic rings. The minimum atomic E-state index is 0.00122. The summed E-state index contributed by atoms with van der Waals surface area (Å²) in [6.07, 6.45) is 3.94. The van der Waals surface area contributed by atoms with Gasteiger partial charge in [0, 0.05) is 50.1 Å². The van der Waals surface area contributed by atoms with Gasteiger partial charge in [0.1, 0.15) is 24.7 Å². The van der Waals surface area contributed by atoms with Crippen molar-refractivity contribution in [3.05, 3.63) is 150 Å². The van der Waals surface area contributed by atoms with Crippen LogP contribution in [0.25, 0.3) is 30.9 Å². The number of hydrogen-bond acceptors (Lipinski definition) is 6. The Hall–Kier alpha value is -5.17. The predicted octanol–water partition coefficient (Wildman–Crippen LogP) is 10.5. The normalized spacial score (nSPS) is 13.5. The lowest BCUT2D eigenvalue weighted by Crippen LogP contribution is -2.33. The van der Waals surface area contributed by atoms with Crippen molar-refractivity contribution in [3.8, 4) is 11.5 Å². The number of ether oxygens (including phenoxy) is 2. The van der Waals surface area contributed by atoms with Crippen LogP contribution in [-0.4, -0.2) is 36.9 Å². The van der Waals surface area contributed by atoms with Crippen LogP contribution in [0.3, 0.4) is 0 Å². The summed E-state index contributed by atoms with van der Waals surface area (Å²) in [4.78, 5) is 16.9. The lowest BCUT2D eigenvalue weighted by atomic mass is 9.94. The van der Waals surface area contributed by atoms with E-state index < -0.39 is 0 Å². The largest absolute Gasteiger partial charge is 0.489 e. The van der Waals surface area contributed by atoms with E-state index in [1.54, 1.807) is 11.3 Å². The van der Waals surface area contributed by atoms with Crippen LogP contribution in [-0.2, 0) is 13.2 Å². The van der Waals surface area contributed by atoms with E-state index in [2.05, 4.69) is 58.7 Å². The first kappa shape index (κ1) is 32.1. The SMILES string of the molecule is O=C(c1ccc(NCCN2CCCCC2)cc1)c1cc2sc3cc(OCc4ccccc4)ccc3c2c2ccc(OCc3ccccc3)cc12. The number of ketones is 1. The van der Waals surface area contributed by atoms with Gasteiger partial charge in [-0.3, -0.25) is 4.79 Å². The first-order valence-electron chi connectivity index (χ1n) is 17.6. The molecule has 6 aromatic carbocycles. The van der Waals surface area contributed by atoms with Gasteiger partial charge >= 0.3 is 0 Å². The summed E-state index contributed by atoms with van der Waals surface area (Å²) in [5, 5.41) is 7.77. The van der Waals surface area contributed by atoms with Crippen LogP contribution in [0.4, 0.5) is 5.69 Å². The summed E-state index contributed by atoms with van der Waals surface area (Å²) in [6.45, 7) is 5.28. The predicted molar refractivity (Wildman–Crippen MR) is 207 cm³/mol. The molecule has 2 heterocycles. The smallest absolute Gasteiger partial charge is 0.193 e. The Balaban J connectivity index is 1.11. The molecule has 0 bridgehead atoms. The van der Waals surface area contributed by atoms with Gasteiger partial charge in [0.25, 0.3) is 0 Å². The molecule has 0 saturated carbocycles. The second-order valence-electron chi connectivity index (χ2n) is 13.0. The van der Waals surface area contributed by atoms with Crippen LogP contribution in [0.5, 0.6) is 11.5 Å². The van der Waals surface area contributed by atoms with E-state index in [0.717, 1.165) is 72.3 Å². The van der Waals surface area contributed by atoms with Gasteiger partial charge < -0.3 is 19.7 Å². The standard InChI is InChI=1S/C44H40N2O3S/c47-44(33-14-16-34(17-15-33)45-22-25-46-23-8-3-9-24-46)40-28-42-43(37-20-18-35(26-39(37)40)48-29-31-10-4-1-5-11-31)38-21-19-36(27-41(38)50-42)49-30-32-12-6-2-7-13-32/h1-2,4-7,10-21,26-28,45H,3,8-9,22-25,29-30H2. The number of hydrogen-bond donors (Lipinski definition) is 1. The molecule has 7 aromatic rings. The fourth-order valence-electron chi connectivity index (χ4n) is 6.93. The maximum Gasteiger partial charge on any atom is 0.193 e. The lowest BCUT2D eigenvalue weighted by molar-refractivity contribution is 0.104. The monoisotopic (exact) mass is 676 g/mol. The maximum atomic E-state index is 14.3. The van der Waals surface area contributed by atoms with Crippen molar-refractivity contribution >= 4 is 53.8 Å². The maximum absolute atomic E-state index is 14.3. The number of thiophene rings is 1. The fourth-order valence-corrected chi connectivity index (χ4v) is 8.12. The van der Waals surface area contributed by atoms with Crippen LogP contribution in [0.1, 0.15) is 46.3 Å². The number of rotatable bonds is 12. The van der Waals surface area contributed by atoms with E-state index in [-0.39, 0.29) is 5.78 Å². The molecule has 0 unspecified atom stereocenters. The van der Waals surface area contributed by atoms with E-state index in [1.807, 2.05) is 78.9 Å². The molecule has 8 rings (SSSR count). The second-order valence-corrected chi connectivity index (χ2v) is 14.1. The van der Waals surface area contributed by atoms with Crippen molar-refractivity contribution in [1.29, 1.82) is 0 Å². The summed E-state index contributed by atoms with van der Waals surface area (Å²) in [7, 11) is 0. The molecule has 1 saturated heterocycles. The zero-order valence-corrected chi connectivity index (χ0v) is 28.9. The van der Waals surface area contributed by atoms with Gasteiger partial charge in [-0.2, -0.15) is 0 Å². The Morgan fingerprint density at radius 3 is 1.96 bits per heavy atom. The molecule has 0 aliphatic carbocycles. The summed E-state index contributed by atoms with van der Waals surface area (Å²) >= 11 is 1.70. The molecule has 250 valence electrons. The number of anilines is 1. The molecule has 1 fully saturated rings. The summed E-state index contributed by atoms with van der Waals surface area (Å²) in [5.74, 6) is 1.56. The lowest BCUT2D eigenvalue weighted by Gasteiger charge is -2.26. The van der Waals surface area contributed by atoms with Gasteiger partial charge in [-0.15, -0.1) is 11.3 Å². The fraction of sp³-hybridized carbons (Fsp3) is 0.205. The van der Waals surface area contributed by atoms with Crippen LogP contribution in [0.2, 0.25) is 0 Å². The van der Waals surface area contributed by atoms with Crippen LogP contribution in [0.15, 0.2) is 127 Å². The Kier molecular flexibility index (Phi) is 9.46. The van der Waals surface area contributed by atoms with E-state index in [1.165, 1.54) is 32.4 Å². The van der Waals surface area contributed by atoms with Gasteiger partial charge in [-0.1, -0.05) is 67.1 Å². The van der Waals surface area contributed by atoms with E-state index in [0.29, 0.717) is 24.3 Å². The quantitative estimate of drug-likeness (QED) is 0.131. The van der Waals surface area contributed by atoms with Crippen molar-refractivity contribution < 1.29 is 14.3 Å². The second kappa shape index (κ2) is 14.8. The van der Waals surface area contributed by atoms with Gasteiger partial charge in [0.2, 0.25) is 0 Å². The molecule has 5 nitrogen and oxygen atoms in total. The van der Waals surface area contributed by atoms with Gasteiger partial charge in [-0.25, -0.2) is 0 Å². The van der Waals surface area contributed by atoms with Gasteiger partial charge in [0.15, 0.2) is 5.78 Å². The van der Waals surface area contributed by atoms with Gasteiger partial charge in [0.05, 0.1) is 0 Å². The molecule has 1 N–H and O–H groups in total. The highest BCUT2D eigenvalue weighted by molar-refractivity contribution is 7.26. The third-order valence-electron chi connectivity index (χ3n) is 9.61. The summed E-state index contributed by atoms with van der Waals surface area (Å²) < 4.78 is 14.6. The Morgan fingerprint density at radius 2 is 1.28 bits per heavy atom. The van der Waals surface area contributed by atoms with Crippen molar-refractivity contribution in [2.24, 2.45) is 0 Å². The average molecular weight is 677 g/mol. The Morgan fingerprint density at radius 1 is 0.640 bits per heavy atom. The number of likely N-dealkylation sites (tertiary alicyclic amines) is 1. The molecule has 0 amide bonds. The molecule has 0 radical (unpaired) electrons. The summed E-state index contributed by atoms with van der Waals surface area (Å²) in [6, 6.07) is 42.8. The van der Waals surface area contributed by atoms with Gasteiger partial charge in [-0.05, 0) is 115 Å².